The molecule has 32 heavy (non-hydrogen) atoms. The van der Waals surface area contributed by atoms with Crippen molar-refractivity contribution in [3.63, 3.8) is 0 Å². The van der Waals surface area contributed by atoms with Gasteiger partial charge in [0, 0.05) is 36.9 Å². The smallest absolute Gasteiger partial charge is 0.253 e. The highest BCUT2D eigenvalue weighted by atomic mass is 16.5. The number of benzene rings is 3. The fourth-order valence-corrected chi connectivity index (χ4v) is 4.26. The van der Waals surface area contributed by atoms with E-state index in [2.05, 4.69) is 0 Å². The normalized spacial score (nSPS) is 14.6. The molecule has 1 aliphatic heterocycles. The van der Waals surface area contributed by atoms with Gasteiger partial charge in [-0.1, -0.05) is 60.7 Å². The van der Waals surface area contributed by atoms with E-state index in [-0.39, 0.29) is 12.0 Å². The van der Waals surface area contributed by atoms with Crippen LogP contribution in [0.4, 0.5) is 0 Å². The van der Waals surface area contributed by atoms with Gasteiger partial charge in [0.2, 0.25) is 0 Å². The van der Waals surface area contributed by atoms with Gasteiger partial charge in [0.15, 0.2) is 0 Å². The highest BCUT2D eigenvalue weighted by Gasteiger charge is 2.24. The molecule has 0 atom stereocenters. The Kier molecular flexibility index (Phi) is 5.65. The predicted molar refractivity (Wildman–Crippen MR) is 126 cm³/mol. The van der Waals surface area contributed by atoms with Gasteiger partial charge in [0.05, 0.1) is 28.5 Å². The standard InChI is InChI=1S/C27H25N3O2/c1-32-22-14-16-30(17-15-22)27(31)21-12-13-23-24(18-21)29-26(20-10-6-3-7-11-20)25(28-23)19-8-4-2-5-9-19/h2-13,18,22H,14-17H2,1H3. The van der Waals surface area contributed by atoms with Crippen molar-refractivity contribution in [1.82, 2.24) is 14.9 Å². The molecule has 3 aromatic carbocycles. The molecule has 160 valence electrons. The van der Waals surface area contributed by atoms with Crippen LogP contribution in [0, 0.1) is 0 Å². The summed E-state index contributed by atoms with van der Waals surface area (Å²) in [6.45, 7) is 1.42. The molecule has 0 radical (unpaired) electrons. The van der Waals surface area contributed by atoms with Crippen LogP contribution in [0.25, 0.3) is 33.5 Å². The van der Waals surface area contributed by atoms with E-state index in [1.165, 1.54) is 0 Å². The average molecular weight is 424 g/mol. The van der Waals surface area contributed by atoms with Gasteiger partial charge in [-0.3, -0.25) is 4.79 Å². The number of methoxy groups -OCH3 is 1. The molecule has 5 heteroatoms. The number of piperidine rings is 1. The Labute approximate surface area is 187 Å². The zero-order chi connectivity index (χ0) is 21.9. The molecule has 1 saturated heterocycles. The molecular weight excluding hydrogens is 398 g/mol. The summed E-state index contributed by atoms with van der Waals surface area (Å²) in [4.78, 5) is 25.0. The lowest BCUT2D eigenvalue weighted by atomic mass is 10.0. The van der Waals surface area contributed by atoms with Crippen molar-refractivity contribution in [2.24, 2.45) is 0 Å². The zero-order valence-electron chi connectivity index (χ0n) is 18.1. The Morgan fingerprint density at radius 3 is 1.94 bits per heavy atom. The zero-order valence-corrected chi connectivity index (χ0v) is 18.1. The SMILES string of the molecule is COC1CCN(C(=O)c2ccc3nc(-c4ccccc4)c(-c4ccccc4)nc3c2)CC1. The van der Waals surface area contributed by atoms with Gasteiger partial charge in [-0.25, -0.2) is 9.97 Å². The third-order valence-electron chi connectivity index (χ3n) is 6.07. The summed E-state index contributed by atoms with van der Waals surface area (Å²) in [6, 6.07) is 25.8. The number of fused-ring (bicyclic) bond motifs is 1. The monoisotopic (exact) mass is 423 g/mol. The van der Waals surface area contributed by atoms with E-state index in [1.54, 1.807) is 7.11 Å². The van der Waals surface area contributed by atoms with E-state index in [0.29, 0.717) is 18.7 Å². The first-order valence-electron chi connectivity index (χ1n) is 11.0. The Hall–Kier alpha value is -3.57. The summed E-state index contributed by atoms with van der Waals surface area (Å²) < 4.78 is 5.43. The van der Waals surface area contributed by atoms with Gasteiger partial charge in [0.25, 0.3) is 5.91 Å². The van der Waals surface area contributed by atoms with Crippen LogP contribution in [-0.4, -0.2) is 47.1 Å². The molecule has 1 fully saturated rings. The topological polar surface area (TPSA) is 55.3 Å². The lowest BCUT2D eigenvalue weighted by Crippen LogP contribution is -2.40. The quantitative estimate of drug-likeness (QED) is 0.452. The number of nitrogens with zero attached hydrogens (tertiary/aromatic N) is 3. The molecule has 0 N–H and O–H groups in total. The van der Waals surface area contributed by atoms with Crippen molar-refractivity contribution >= 4 is 16.9 Å². The number of likely N-dealkylation sites (tertiary alicyclic amines) is 1. The minimum absolute atomic E-state index is 0.0386. The lowest BCUT2D eigenvalue weighted by Gasteiger charge is -2.31. The second kappa shape index (κ2) is 8.89. The minimum Gasteiger partial charge on any atom is -0.381 e. The molecule has 0 spiro atoms. The van der Waals surface area contributed by atoms with E-state index < -0.39 is 0 Å². The maximum atomic E-state index is 13.1. The van der Waals surface area contributed by atoms with Gasteiger partial charge in [-0.2, -0.15) is 0 Å². The first kappa shape index (κ1) is 20.3. The molecule has 0 unspecified atom stereocenters. The van der Waals surface area contributed by atoms with Gasteiger partial charge in [-0.05, 0) is 31.0 Å². The number of ether oxygens (including phenoxy) is 1. The maximum Gasteiger partial charge on any atom is 0.253 e. The van der Waals surface area contributed by atoms with E-state index in [4.69, 9.17) is 14.7 Å². The van der Waals surface area contributed by atoms with E-state index in [9.17, 15) is 4.79 Å². The van der Waals surface area contributed by atoms with Crippen molar-refractivity contribution in [2.75, 3.05) is 20.2 Å². The molecule has 0 aliphatic carbocycles. The molecule has 5 nitrogen and oxygen atoms in total. The Morgan fingerprint density at radius 1 is 0.812 bits per heavy atom. The van der Waals surface area contributed by atoms with E-state index >= 15 is 0 Å². The molecule has 0 saturated carbocycles. The van der Waals surface area contributed by atoms with Crippen LogP contribution in [0.3, 0.4) is 0 Å². The number of carbonyl (C=O) groups is 1. The second-order valence-electron chi connectivity index (χ2n) is 8.08. The van der Waals surface area contributed by atoms with Crippen LogP contribution in [0.2, 0.25) is 0 Å². The summed E-state index contributed by atoms with van der Waals surface area (Å²) in [5.74, 6) is 0.0386. The van der Waals surface area contributed by atoms with Gasteiger partial charge < -0.3 is 9.64 Å². The maximum absolute atomic E-state index is 13.1. The summed E-state index contributed by atoms with van der Waals surface area (Å²) in [6.07, 6.45) is 1.98. The second-order valence-corrected chi connectivity index (χ2v) is 8.08. The molecule has 0 bridgehead atoms. The molecule has 2 heterocycles. The Balaban J connectivity index is 1.56. The van der Waals surface area contributed by atoms with Crippen molar-refractivity contribution in [3.8, 4) is 22.5 Å². The molecule has 1 amide bonds. The van der Waals surface area contributed by atoms with Crippen LogP contribution in [0.5, 0.6) is 0 Å². The third kappa shape index (κ3) is 3.99. The number of hydrogen-bond donors (Lipinski definition) is 0. The Bertz CT molecular complexity index is 1230. The lowest BCUT2D eigenvalue weighted by molar-refractivity contribution is 0.0351. The fourth-order valence-electron chi connectivity index (χ4n) is 4.26. The predicted octanol–water partition coefficient (Wildman–Crippen LogP) is 5.21. The number of rotatable bonds is 4. The molecule has 1 aliphatic rings. The van der Waals surface area contributed by atoms with E-state index in [1.807, 2.05) is 83.8 Å². The number of hydrogen-bond acceptors (Lipinski definition) is 4. The molecule has 5 rings (SSSR count). The first-order chi connectivity index (χ1) is 15.7. The average Bonchev–Trinajstić information content (AvgIpc) is 2.88. The van der Waals surface area contributed by atoms with Crippen LogP contribution in [-0.2, 0) is 4.74 Å². The Morgan fingerprint density at radius 2 is 1.38 bits per heavy atom. The van der Waals surface area contributed by atoms with Crippen molar-refractivity contribution in [3.05, 3.63) is 84.4 Å². The fraction of sp³-hybridized carbons (Fsp3) is 0.222. The number of amides is 1. The summed E-state index contributed by atoms with van der Waals surface area (Å²) in [5, 5.41) is 0. The van der Waals surface area contributed by atoms with Crippen LogP contribution < -0.4 is 0 Å². The molecular formula is C27H25N3O2. The molecule has 4 aromatic rings. The van der Waals surface area contributed by atoms with Gasteiger partial charge >= 0.3 is 0 Å². The van der Waals surface area contributed by atoms with Gasteiger partial charge in [-0.15, -0.1) is 0 Å². The minimum atomic E-state index is 0.0386. The van der Waals surface area contributed by atoms with Crippen LogP contribution in [0.15, 0.2) is 78.9 Å². The highest BCUT2D eigenvalue weighted by Crippen LogP contribution is 2.31. The van der Waals surface area contributed by atoms with Crippen molar-refractivity contribution < 1.29 is 9.53 Å². The van der Waals surface area contributed by atoms with Crippen molar-refractivity contribution in [2.45, 2.75) is 18.9 Å². The van der Waals surface area contributed by atoms with E-state index in [0.717, 1.165) is 46.4 Å². The van der Waals surface area contributed by atoms with Gasteiger partial charge in [0.1, 0.15) is 0 Å². The first-order valence-corrected chi connectivity index (χ1v) is 11.0. The highest BCUT2D eigenvalue weighted by molar-refractivity contribution is 5.98. The van der Waals surface area contributed by atoms with Crippen LogP contribution in [0.1, 0.15) is 23.2 Å². The largest absolute Gasteiger partial charge is 0.381 e. The van der Waals surface area contributed by atoms with Crippen LogP contribution >= 0.6 is 0 Å². The number of carbonyl (C=O) groups excluding carboxylic acids is 1. The summed E-state index contributed by atoms with van der Waals surface area (Å²) >= 11 is 0. The van der Waals surface area contributed by atoms with Crippen molar-refractivity contribution in [1.29, 1.82) is 0 Å². The summed E-state index contributed by atoms with van der Waals surface area (Å²) in [5.41, 5.74) is 5.81. The number of aromatic nitrogens is 2. The summed E-state index contributed by atoms with van der Waals surface area (Å²) in [7, 11) is 1.73. The molecule has 1 aromatic heterocycles. The third-order valence-corrected chi connectivity index (χ3v) is 6.07.